The highest BCUT2D eigenvalue weighted by Gasteiger charge is 2.45. The van der Waals surface area contributed by atoms with E-state index in [0.29, 0.717) is 17.4 Å². The number of fused-ring (bicyclic) bond motifs is 4. The Kier molecular flexibility index (Phi) is 8.12. The van der Waals surface area contributed by atoms with Crippen molar-refractivity contribution < 1.29 is 45.7 Å². The predicted octanol–water partition coefficient (Wildman–Crippen LogP) is 5.06. The fraction of sp³-hybridized carbons (Fsp3) is 0.414. The molecule has 17 heteroatoms. The molecule has 9 nitrogen and oxygen atoms in total. The third-order valence-electron chi connectivity index (χ3n) is 8.22. The minimum Gasteiger partial charge on any atom is -0.463 e. The summed E-state index contributed by atoms with van der Waals surface area (Å²) in [6, 6.07) is 2.94. The second-order valence-corrected chi connectivity index (χ2v) is 12.3. The number of alkyl halides is 6. The van der Waals surface area contributed by atoms with Crippen molar-refractivity contribution in [2.45, 2.75) is 37.3 Å². The van der Waals surface area contributed by atoms with Crippen molar-refractivity contribution in [3.8, 4) is 23.2 Å². The Balaban J connectivity index is 1.73. The number of halogens is 7. The van der Waals surface area contributed by atoms with Crippen LogP contribution in [0.5, 0.6) is 6.01 Å². The summed E-state index contributed by atoms with van der Waals surface area (Å²) >= 11 is 0.531. The topological polar surface area (TPSA) is 141 Å². The number of aromatic nitrogens is 2. The van der Waals surface area contributed by atoms with Crippen LogP contribution in [0, 0.1) is 23.1 Å². The Morgan fingerprint density at radius 3 is 2.35 bits per heavy atom. The zero-order chi connectivity index (χ0) is 33.1. The molecule has 5 N–H and O–H groups in total. The van der Waals surface area contributed by atoms with Crippen molar-refractivity contribution in [1.82, 2.24) is 15.3 Å². The number of thiophene rings is 1. The number of hydrogen-bond donors (Lipinski definition) is 4. The van der Waals surface area contributed by atoms with Crippen molar-refractivity contribution >= 4 is 43.1 Å². The van der Waals surface area contributed by atoms with Crippen LogP contribution in [0.3, 0.4) is 0 Å². The van der Waals surface area contributed by atoms with Gasteiger partial charge in [-0.1, -0.05) is 6.07 Å². The summed E-state index contributed by atoms with van der Waals surface area (Å²) in [5.41, 5.74) is -1.05. The summed E-state index contributed by atoms with van der Waals surface area (Å²) in [5, 5.41) is 30.7. The number of piperazine rings is 1. The quantitative estimate of drug-likeness (QED) is 0.199. The van der Waals surface area contributed by atoms with Gasteiger partial charge in [-0.2, -0.15) is 41.6 Å². The fourth-order valence-electron chi connectivity index (χ4n) is 6.15. The lowest BCUT2D eigenvalue weighted by Gasteiger charge is -2.34. The number of ether oxygens (including phenoxy) is 1. The van der Waals surface area contributed by atoms with E-state index in [1.54, 1.807) is 11.0 Å². The molecule has 0 spiro atoms. The average molecular weight is 671 g/mol. The minimum absolute atomic E-state index is 0.0781. The smallest absolute Gasteiger partial charge is 0.419 e. The number of nitrogens with two attached hydrogens (primary N) is 1. The standard InChI is InChI=1S/C29H25F7N6O3S/c30-19-4-3-15(20-17(6-37)25(38)46-24(19)20)21-18(28(31,32)33)5-16-23(22(21)29(34,35)36)40-27(45-11-12(9-43)10-44)41-26(16)42-7-13-1-2-14(8-42)39-13/h3-5,12-14,39,43-44H,1-2,7-11,38H2. The Morgan fingerprint density at radius 1 is 1.09 bits per heavy atom. The highest BCUT2D eigenvalue weighted by Crippen LogP contribution is 2.52. The molecule has 2 saturated heterocycles. The molecule has 0 amide bonds. The van der Waals surface area contributed by atoms with Crippen LogP contribution in [0.2, 0.25) is 0 Å². The van der Waals surface area contributed by atoms with E-state index in [-0.39, 0.29) is 40.7 Å². The molecule has 46 heavy (non-hydrogen) atoms. The Morgan fingerprint density at radius 2 is 1.76 bits per heavy atom. The van der Waals surface area contributed by atoms with Crippen molar-refractivity contribution in [2.24, 2.45) is 5.92 Å². The molecule has 2 aliphatic rings. The molecule has 0 radical (unpaired) electrons. The molecular weight excluding hydrogens is 645 g/mol. The summed E-state index contributed by atoms with van der Waals surface area (Å²) in [6.45, 7) is -0.994. The number of nitriles is 1. The van der Waals surface area contributed by atoms with E-state index < -0.39 is 94.0 Å². The highest BCUT2D eigenvalue weighted by molar-refractivity contribution is 7.23. The van der Waals surface area contributed by atoms with E-state index >= 15 is 13.2 Å². The Labute approximate surface area is 260 Å². The monoisotopic (exact) mass is 670 g/mol. The van der Waals surface area contributed by atoms with Crippen LogP contribution in [-0.4, -0.2) is 65.2 Å². The maximum Gasteiger partial charge on any atom is 0.419 e. The van der Waals surface area contributed by atoms with Gasteiger partial charge in [-0.3, -0.25) is 0 Å². The molecule has 6 rings (SSSR count). The molecule has 2 unspecified atom stereocenters. The first-order chi connectivity index (χ1) is 21.7. The number of nitrogen functional groups attached to an aromatic ring is 1. The Hall–Kier alpha value is -3.98. The molecule has 0 saturated carbocycles. The Bertz CT molecular complexity index is 1860. The van der Waals surface area contributed by atoms with E-state index in [9.17, 15) is 33.0 Å². The molecule has 0 aliphatic carbocycles. The largest absolute Gasteiger partial charge is 0.463 e. The van der Waals surface area contributed by atoms with Crippen LogP contribution in [0.1, 0.15) is 29.5 Å². The summed E-state index contributed by atoms with van der Waals surface area (Å²) in [7, 11) is 0. The van der Waals surface area contributed by atoms with Gasteiger partial charge in [0, 0.05) is 47.4 Å². The lowest BCUT2D eigenvalue weighted by atomic mass is 9.88. The van der Waals surface area contributed by atoms with Gasteiger partial charge in [0.1, 0.15) is 22.7 Å². The van der Waals surface area contributed by atoms with E-state index in [0.717, 1.165) is 25.0 Å². The van der Waals surface area contributed by atoms with Gasteiger partial charge >= 0.3 is 18.4 Å². The molecule has 2 atom stereocenters. The zero-order valence-corrected chi connectivity index (χ0v) is 24.5. The number of aliphatic hydroxyl groups is 2. The van der Waals surface area contributed by atoms with Crippen molar-refractivity contribution in [1.29, 1.82) is 5.26 Å². The minimum atomic E-state index is -5.46. The first-order valence-corrected chi connectivity index (χ1v) is 14.9. The first-order valence-electron chi connectivity index (χ1n) is 14.0. The number of rotatable bonds is 7. The van der Waals surface area contributed by atoms with Crippen LogP contribution in [0.15, 0.2) is 18.2 Å². The molecule has 2 aromatic heterocycles. The average Bonchev–Trinajstić information content (AvgIpc) is 3.52. The molecule has 2 aliphatic heterocycles. The van der Waals surface area contributed by atoms with E-state index in [1.807, 2.05) is 0 Å². The molecule has 2 fully saturated rings. The molecule has 2 aromatic carbocycles. The maximum absolute atomic E-state index is 15.2. The summed E-state index contributed by atoms with van der Waals surface area (Å²) in [6.07, 6.45) is -9.32. The van der Waals surface area contributed by atoms with Gasteiger partial charge in [-0.25, -0.2) is 4.39 Å². The number of benzene rings is 2. The van der Waals surface area contributed by atoms with Crippen LogP contribution in [0.4, 0.5) is 41.6 Å². The predicted molar refractivity (Wildman–Crippen MR) is 155 cm³/mol. The number of nitrogens with zero attached hydrogens (tertiary/aromatic N) is 4. The van der Waals surface area contributed by atoms with Gasteiger partial charge in [0.05, 0.1) is 46.7 Å². The van der Waals surface area contributed by atoms with Crippen LogP contribution in [0.25, 0.3) is 32.1 Å². The summed E-state index contributed by atoms with van der Waals surface area (Å²) < 4.78 is 110. The molecule has 2 bridgehead atoms. The van der Waals surface area contributed by atoms with Gasteiger partial charge in [0.15, 0.2) is 0 Å². The van der Waals surface area contributed by atoms with Gasteiger partial charge < -0.3 is 30.9 Å². The summed E-state index contributed by atoms with van der Waals surface area (Å²) in [4.78, 5) is 9.81. The van der Waals surface area contributed by atoms with Crippen molar-refractivity contribution in [3.05, 3.63) is 40.7 Å². The molecule has 4 heterocycles. The van der Waals surface area contributed by atoms with Gasteiger partial charge in [0.25, 0.3) is 0 Å². The molecule has 244 valence electrons. The lowest BCUT2D eigenvalue weighted by molar-refractivity contribution is -0.141. The SMILES string of the molecule is N#Cc1c(N)sc2c(F)ccc(-c3c(C(F)(F)F)cc4c(N5CC6CCC(C5)N6)nc(OCC(CO)CO)nc4c3C(F)(F)F)c12. The van der Waals surface area contributed by atoms with Crippen molar-refractivity contribution in [2.75, 3.05) is 43.5 Å². The molecular formula is C29H25F7N6O3S. The van der Waals surface area contributed by atoms with Crippen LogP contribution in [-0.2, 0) is 12.4 Å². The van der Waals surface area contributed by atoms with Crippen LogP contribution < -0.4 is 20.7 Å². The second-order valence-electron chi connectivity index (χ2n) is 11.2. The third kappa shape index (κ3) is 5.52. The zero-order valence-electron chi connectivity index (χ0n) is 23.6. The third-order valence-corrected chi connectivity index (χ3v) is 9.25. The first kappa shape index (κ1) is 32.0. The highest BCUT2D eigenvalue weighted by atomic mass is 32.1. The van der Waals surface area contributed by atoms with Gasteiger partial charge in [-0.05, 0) is 30.5 Å². The number of nitrogens with one attached hydrogen (secondary N) is 1. The number of anilines is 2. The van der Waals surface area contributed by atoms with E-state index in [2.05, 4.69) is 15.3 Å². The van der Waals surface area contributed by atoms with Gasteiger partial charge in [0.2, 0.25) is 0 Å². The lowest BCUT2D eigenvalue weighted by Crippen LogP contribution is -2.51. The summed E-state index contributed by atoms with van der Waals surface area (Å²) in [5.74, 6) is -2.04. The number of aliphatic hydroxyl groups excluding tert-OH is 2. The maximum atomic E-state index is 15.2. The van der Waals surface area contributed by atoms with Crippen LogP contribution >= 0.6 is 11.3 Å². The normalized spacial score (nSPS) is 18.6. The number of hydrogen-bond acceptors (Lipinski definition) is 10. The fourth-order valence-corrected chi connectivity index (χ4v) is 7.10. The van der Waals surface area contributed by atoms with E-state index in [1.165, 1.54) is 0 Å². The van der Waals surface area contributed by atoms with Crippen molar-refractivity contribution in [3.63, 3.8) is 0 Å². The van der Waals surface area contributed by atoms with E-state index in [4.69, 9.17) is 10.5 Å². The van der Waals surface area contributed by atoms with Gasteiger partial charge in [-0.15, -0.1) is 11.3 Å². The molecule has 4 aromatic rings. The second kappa shape index (κ2) is 11.7.